The minimum Gasteiger partial charge on any atom is -0.386 e. The molecule has 2 nitrogen and oxygen atoms in total. The standard InChI is InChI=1S/C17H27NO/c1-13-5-7-15(8-6-13)16(19)17(18(3)4)11-9-14(2)10-12-17/h5-8,14,16,19H,9-12H2,1-4H3. The van der Waals surface area contributed by atoms with Crippen LogP contribution in [0.2, 0.25) is 0 Å². The lowest BCUT2D eigenvalue weighted by atomic mass is 9.71. The monoisotopic (exact) mass is 261 g/mol. The average Bonchev–Trinajstić information content (AvgIpc) is 2.39. The van der Waals surface area contributed by atoms with Crippen LogP contribution >= 0.6 is 0 Å². The summed E-state index contributed by atoms with van der Waals surface area (Å²) >= 11 is 0. The molecule has 1 aliphatic rings. The molecule has 0 bridgehead atoms. The lowest BCUT2D eigenvalue weighted by Crippen LogP contribution is -2.51. The molecule has 1 atom stereocenters. The summed E-state index contributed by atoms with van der Waals surface area (Å²) in [4.78, 5) is 2.24. The number of aliphatic hydroxyl groups excluding tert-OH is 1. The minimum absolute atomic E-state index is 0.0955. The van der Waals surface area contributed by atoms with Crippen molar-refractivity contribution in [3.8, 4) is 0 Å². The molecule has 1 aromatic carbocycles. The van der Waals surface area contributed by atoms with Gasteiger partial charge in [-0.15, -0.1) is 0 Å². The molecule has 0 saturated heterocycles. The molecule has 1 unspecified atom stereocenters. The first-order chi connectivity index (χ1) is 8.95. The van der Waals surface area contributed by atoms with Crippen molar-refractivity contribution in [3.05, 3.63) is 35.4 Å². The summed E-state index contributed by atoms with van der Waals surface area (Å²) in [5.74, 6) is 0.790. The van der Waals surface area contributed by atoms with Crippen LogP contribution < -0.4 is 0 Å². The molecule has 106 valence electrons. The van der Waals surface area contributed by atoms with Gasteiger partial charge in [-0.2, -0.15) is 0 Å². The summed E-state index contributed by atoms with van der Waals surface area (Å²) in [7, 11) is 4.21. The van der Waals surface area contributed by atoms with E-state index in [2.05, 4.69) is 57.1 Å². The van der Waals surface area contributed by atoms with Crippen LogP contribution in [0.15, 0.2) is 24.3 Å². The fourth-order valence-corrected chi connectivity index (χ4v) is 3.29. The third-order valence-corrected chi connectivity index (χ3v) is 4.93. The van der Waals surface area contributed by atoms with Crippen LogP contribution in [0.4, 0.5) is 0 Å². The van der Waals surface area contributed by atoms with E-state index in [0.717, 1.165) is 24.3 Å². The van der Waals surface area contributed by atoms with Gasteiger partial charge >= 0.3 is 0 Å². The van der Waals surface area contributed by atoms with Gasteiger partial charge in [0.1, 0.15) is 0 Å². The Balaban J connectivity index is 2.26. The predicted molar refractivity (Wildman–Crippen MR) is 80.2 cm³/mol. The number of hydrogen-bond acceptors (Lipinski definition) is 2. The molecule has 0 radical (unpaired) electrons. The van der Waals surface area contributed by atoms with Crippen LogP contribution in [-0.2, 0) is 0 Å². The van der Waals surface area contributed by atoms with Crippen LogP contribution in [0.3, 0.4) is 0 Å². The Bertz CT molecular complexity index is 402. The van der Waals surface area contributed by atoms with Crippen LogP contribution in [0.5, 0.6) is 0 Å². The van der Waals surface area contributed by atoms with E-state index < -0.39 is 6.10 Å². The van der Waals surface area contributed by atoms with Crippen molar-refractivity contribution in [1.82, 2.24) is 4.90 Å². The van der Waals surface area contributed by atoms with Crippen molar-refractivity contribution in [3.63, 3.8) is 0 Å². The van der Waals surface area contributed by atoms with E-state index in [0.29, 0.717) is 0 Å². The highest BCUT2D eigenvalue weighted by Gasteiger charge is 2.42. The molecule has 1 aromatic rings. The Kier molecular flexibility index (Phi) is 4.32. The van der Waals surface area contributed by atoms with Crippen LogP contribution in [0.1, 0.15) is 49.8 Å². The molecule has 1 aliphatic carbocycles. The Morgan fingerprint density at radius 3 is 2.16 bits per heavy atom. The van der Waals surface area contributed by atoms with Gasteiger partial charge in [0.2, 0.25) is 0 Å². The zero-order chi connectivity index (χ0) is 14.0. The first-order valence-electron chi connectivity index (χ1n) is 7.38. The van der Waals surface area contributed by atoms with Crippen molar-refractivity contribution < 1.29 is 5.11 Å². The smallest absolute Gasteiger partial charge is 0.0973 e. The minimum atomic E-state index is -0.393. The number of benzene rings is 1. The Morgan fingerprint density at radius 1 is 1.16 bits per heavy atom. The summed E-state index contributed by atoms with van der Waals surface area (Å²) in [6.45, 7) is 4.40. The van der Waals surface area contributed by atoms with Crippen molar-refractivity contribution in [2.24, 2.45) is 5.92 Å². The van der Waals surface area contributed by atoms with Gasteiger partial charge in [-0.3, -0.25) is 0 Å². The van der Waals surface area contributed by atoms with Gasteiger partial charge in [-0.1, -0.05) is 36.8 Å². The highest BCUT2D eigenvalue weighted by molar-refractivity contribution is 5.26. The third kappa shape index (κ3) is 2.85. The SMILES string of the molecule is Cc1ccc(C(O)C2(N(C)C)CCC(C)CC2)cc1. The normalized spacial score (nSPS) is 29.5. The largest absolute Gasteiger partial charge is 0.386 e. The highest BCUT2D eigenvalue weighted by atomic mass is 16.3. The maximum Gasteiger partial charge on any atom is 0.0973 e. The predicted octanol–water partition coefficient (Wildman–Crippen LogP) is 3.54. The second kappa shape index (κ2) is 5.64. The zero-order valence-corrected chi connectivity index (χ0v) is 12.7. The lowest BCUT2D eigenvalue weighted by Gasteiger charge is -2.47. The number of nitrogens with zero attached hydrogens (tertiary/aromatic N) is 1. The van der Waals surface area contributed by atoms with Gasteiger partial charge in [0, 0.05) is 0 Å². The van der Waals surface area contributed by atoms with Crippen LogP contribution in [-0.4, -0.2) is 29.6 Å². The average molecular weight is 261 g/mol. The number of likely N-dealkylation sites (N-methyl/N-ethyl adjacent to an activating group) is 1. The summed E-state index contributed by atoms with van der Waals surface area (Å²) < 4.78 is 0. The fraction of sp³-hybridized carbons (Fsp3) is 0.647. The number of rotatable bonds is 3. The molecule has 0 heterocycles. The Morgan fingerprint density at radius 2 is 1.68 bits per heavy atom. The number of aliphatic hydroxyl groups is 1. The second-order valence-corrected chi connectivity index (χ2v) is 6.49. The third-order valence-electron chi connectivity index (χ3n) is 4.93. The van der Waals surface area contributed by atoms with E-state index in [1.165, 1.54) is 18.4 Å². The molecule has 0 aliphatic heterocycles. The van der Waals surface area contributed by atoms with Gasteiger partial charge in [0.25, 0.3) is 0 Å². The molecule has 19 heavy (non-hydrogen) atoms. The summed E-state index contributed by atoms with van der Waals surface area (Å²) in [5.41, 5.74) is 2.20. The van der Waals surface area contributed by atoms with Gasteiger partial charge in [-0.25, -0.2) is 0 Å². The van der Waals surface area contributed by atoms with Gasteiger partial charge < -0.3 is 10.0 Å². The Hall–Kier alpha value is -0.860. The van der Waals surface area contributed by atoms with E-state index >= 15 is 0 Å². The van der Waals surface area contributed by atoms with E-state index in [1.54, 1.807) is 0 Å². The van der Waals surface area contributed by atoms with Crippen molar-refractivity contribution in [2.45, 2.75) is 51.2 Å². The summed E-state index contributed by atoms with van der Waals surface area (Å²) in [5, 5.41) is 10.9. The first-order valence-corrected chi connectivity index (χ1v) is 7.38. The van der Waals surface area contributed by atoms with Crippen LogP contribution in [0, 0.1) is 12.8 Å². The molecule has 0 amide bonds. The molecule has 2 heteroatoms. The second-order valence-electron chi connectivity index (χ2n) is 6.49. The topological polar surface area (TPSA) is 23.5 Å². The molecular formula is C17H27NO. The summed E-state index contributed by atoms with van der Waals surface area (Å²) in [6.07, 6.45) is 4.19. The lowest BCUT2D eigenvalue weighted by molar-refractivity contribution is -0.0408. The van der Waals surface area contributed by atoms with Gasteiger partial charge in [0.05, 0.1) is 11.6 Å². The summed E-state index contributed by atoms with van der Waals surface area (Å²) in [6, 6.07) is 8.33. The molecular weight excluding hydrogens is 234 g/mol. The maximum absolute atomic E-state index is 10.9. The quantitative estimate of drug-likeness (QED) is 0.899. The molecule has 0 spiro atoms. The van der Waals surface area contributed by atoms with Gasteiger partial charge in [0.15, 0.2) is 0 Å². The molecule has 0 aromatic heterocycles. The number of aryl methyl sites for hydroxylation is 1. The Labute approximate surface area is 117 Å². The van der Waals surface area contributed by atoms with Crippen molar-refractivity contribution >= 4 is 0 Å². The molecule has 1 fully saturated rings. The van der Waals surface area contributed by atoms with E-state index in [9.17, 15) is 5.11 Å². The maximum atomic E-state index is 10.9. The zero-order valence-electron chi connectivity index (χ0n) is 12.7. The molecule has 1 N–H and O–H groups in total. The van der Waals surface area contributed by atoms with E-state index in [-0.39, 0.29) is 5.54 Å². The molecule has 2 rings (SSSR count). The number of hydrogen-bond donors (Lipinski definition) is 1. The first kappa shape index (κ1) is 14.5. The van der Waals surface area contributed by atoms with Crippen molar-refractivity contribution in [2.75, 3.05) is 14.1 Å². The van der Waals surface area contributed by atoms with E-state index in [4.69, 9.17) is 0 Å². The van der Waals surface area contributed by atoms with Crippen molar-refractivity contribution in [1.29, 1.82) is 0 Å². The van der Waals surface area contributed by atoms with Gasteiger partial charge in [-0.05, 0) is 58.2 Å². The highest BCUT2D eigenvalue weighted by Crippen LogP contribution is 2.43. The molecule has 1 saturated carbocycles. The fourth-order valence-electron chi connectivity index (χ4n) is 3.29. The van der Waals surface area contributed by atoms with E-state index in [1.807, 2.05) is 0 Å². The van der Waals surface area contributed by atoms with Crippen LogP contribution in [0.25, 0.3) is 0 Å².